The number of carbonyl (C=O) groups is 1. The molecule has 5 N–H and O–H groups in total. The summed E-state index contributed by atoms with van der Waals surface area (Å²) in [5, 5.41) is 3.09. The van der Waals surface area contributed by atoms with Gasteiger partial charge in [0.15, 0.2) is 0 Å². The van der Waals surface area contributed by atoms with Gasteiger partial charge < -0.3 is 16.8 Å². The zero-order chi connectivity index (χ0) is 13.0. The van der Waals surface area contributed by atoms with Crippen LogP contribution in [0.5, 0.6) is 0 Å². The lowest BCUT2D eigenvalue weighted by atomic mass is 10.1. The van der Waals surface area contributed by atoms with E-state index < -0.39 is 16.7 Å². The Morgan fingerprint density at radius 2 is 2.18 bits per heavy atom. The first-order valence-electron chi connectivity index (χ1n) is 5.16. The fourth-order valence-electron chi connectivity index (χ4n) is 1.56. The van der Waals surface area contributed by atoms with Gasteiger partial charge in [-0.05, 0) is 25.1 Å². The summed E-state index contributed by atoms with van der Waals surface area (Å²) in [6.07, 6.45) is 1.63. The van der Waals surface area contributed by atoms with Gasteiger partial charge >= 0.3 is 0 Å². The Labute approximate surface area is 103 Å². The molecule has 0 heterocycles. The molecule has 0 spiro atoms. The molecule has 0 fully saturated rings. The maximum absolute atomic E-state index is 11.2. The first-order chi connectivity index (χ1) is 7.90. The summed E-state index contributed by atoms with van der Waals surface area (Å²) in [7, 11) is -0.902. The number of benzene rings is 1. The summed E-state index contributed by atoms with van der Waals surface area (Å²) in [6.45, 7) is 1.88. The molecular weight excluding hydrogens is 238 g/mol. The molecule has 0 saturated heterocycles. The standard InChI is InChI=1S/C11H17N3O2S/c1-7(6-17(2)16)14-10-5-8(12)3-4-9(10)11(13)15/h3-5,7,14H,6,12H2,1-2H3,(H2,13,15). The molecule has 0 bridgehead atoms. The number of hydrogen-bond donors (Lipinski definition) is 3. The van der Waals surface area contributed by atoms with Crippen LogP contribution >= 0.6 is 0 Å². The number of amides is 1. The molecule has 0 radical (unpaired) electrons. The summed E-state index contributed by atoms with van der Waals surface area (Å²) in [5.74, 6) is -0.0233. The lowest BCUT2D eigenvalue weighted by molar-refractivity contribution is 0.100. The van der Waals surface area contributed by atoms with Crippen molar-refractivity contribution in [3.05, 3.63) is 23.8 Å². The van der Waals surface area contributed by atoms with E-state index in [2.05, 4.69) is 5.32 Å². The Hall–Kier alpha value is -1.56. The third-order valence-corrected chi connectivity index (χ3v) is 3.17. The molecule has 1 aromatic carbocycles. The van der Waals surface area contributed by atoms with Crippen LogP contribution in [0.25, 0.3) is 0 Å². The van der Waals surface area contributed by atoms with Crippen molar-refractivity contribution in [2.24, 2.45) is 5.73 Å². The van der Waals surface area contributed by atoms with Gasteiger partial charge in [-0.25, -0.2) is 0 Å². The molecule has 0 saturated carbocycles. The van der Waals surface area contributed by atoms with Crippen LogP contribution in [0.3, 0.4) is 0 Å². The van der Waals surface area contributed by atoms with Gasteiger partial charge in [0.05, 0.1) is 5.56 Å². The van der Waals surface area contributed by atoms with Crippen LogP contribution < -0.4 is 16.8 Å². The second-order valence-electron chi connectivity index (χ2n) is 3.95. The maximum Gasteiger partial charge on any atom is 0.250 e. The van der Waals surface area contributed by atoms with Crippen molar-refractivity contribution in [3.63, 3.8) is 0 Å². The molecule has 6 heteroatoms. The summed E-state index contributed by atoms with van der Waals surface area (Å²) >= 11 is 0. The van der Waals surface area contributed by atoms with Crippen molar-refractivity contribution in [2.75, 3.05) is 23.1 Å². The van der Waals surface area contributed by atoms with Crippen molar-refractivity contribution in [2.45, 2.75) is 13.0 Å². The first-order valence-corrected chi connectivity index (χ1v) is 6.88. The molecule has 1 amide bonds. The number of nitrogen functional groups attached to an aromatic ring is 1. The Kier molecular flexibility index (Phi) is 4.51. The zero-order valence-corrected chi connectivity index (χ0v) is 10.7. The molecule has 0 aromatic heterocycles. The first kappa shape index (κ1) is 13.5. The lowest BCUT2D eigenvalue weighted by Gasteiger charge is -2.16. The molecule has 0 aliphatic rings. The normalized spacial score (nSPS) is 14.0. The fraction of sp³-hybridized carbons (Fsp3) is 0.364. The average molecular weight is 255 g/mol. The Bertz CT molecular complexity index is 448. The minimum Gasteiger partial charge on any atom is -0.399 e. The third-order valence-electron chi connectivity index (χ3n) is 2.20. The molecular formula is C11H17N3O2S. The Balaban J connectivity index is 2.92. The fourth-order valence-corrected chi connectivity index (χ4v) is 2.34. The van der Waals surface area contributed by atoms with Crippen molar-refractivity contribution in [1.82, 2.24) is 0 Å². The second-order valence-corrected chi connectivity index (χ2v) is 5.43. The number of anilines is 2. The third kappa shape index (κ3) is 4.07. The quantitative estimate of drug-likeness (QED) is 0.669. The van der Waals surface area contributed by atoms with Crippen LogP contribution in [0, 0.1) is 0 Å². The molecule has 5 nitrogen and oxygen atoms in total. The Morgan fingerprint density at radius 1 is 1.53 bits per heavy atom. The highest BCUT2D eigenvalue weighted by molar-refractivity contribution is 7.84. The van der Waals surface area contributed by atoms with Crippen molar-refractivity contribution >= 4 is 28.1 Å². The molecule has 94 valence electrons. The minimum atomic E-state index is -0.902. The van der Waals surface area contributed by atoms with E-state index in [1.807, 2.05) is 6.92 Å². The minimum absolute atomic E-state index is 0.0271. The number of rotatable bonds is 5. The molecule has 0 aliphatic carbocycles. The van der Waals surface area contributed by atoms with Crippen LogP contribution in [0.15, 0.2) is 18.2 Å². The van der Waals surface area contributed by atoms with Crippen molar-refractivity contribution in [3.8, 4) is 0 Å². The van der Waals surface area contributed by atoms with Gasteiger partial charge in [-0.1, -0.05) is 0 Å². The highest BCUT2D eigenvalue weighted by Crippen LogP contribution is 2.19. The predicted molar refractivity (Wildman–Crippen MR) is 71.4 cm³/mol. The van der Waals surface area contributed by atoms with Gasteiger partial charge in [-0.2, -0.15) is 0 Å². The monoisotopic (exact) mass is 255 g/mol. The van der Waals surface area contributed by atoms with Gasteiger partial charge in [-0.3, -0.25) is 9.00 Å². The highest BCUT2D eigenvalue weighted by atomic mass is 32.2. The van der Waals surface area contributed by atoms with Crippen LogP contribution in [-0.4, -0.2) is 28.2 Å². The van der Waals surface area contributed by atoms with E-state index in [1.54, 1.807) is 24.5 Å². The molecule has 0 aliphatic heterocycles. The maximum atomic E-state index is 11.2. The molecule has 2 atom stereocenters. The smallest absolute Gasteiger partial charge is 0.250 e. The largest absolute Gasteiger partial charge is 0.399 e. The van der Waals surface area contributed by atoms with Crippen LogP contribution in [-0.2, 0) is 10.8 Å². The van der Waals surface area contributed by atoms with Gasteiger partial charge in [0.25, 0.3) is 5.91 Å². The van der Waals surface area contributed by atoms with Crippen LogP contribution in [0.2, 0.25) is 0 Å². The second kappa shape index (κ2) is 5.67. The highest BCUT2D eigenvalue weighted by Gasteiger charge is 2.11. The van der Waals surface area contributed by atoms with Gasteiger partial charge in [-0.15, -0.1) is 0 Å². The summed E-state index contributed by atoms with van der Waals surface area (Å²) in [4.78, 5) is 11.2. The van der Waals surface area contributed by atoms with Crippen molar-refractivity contribution < 1.29 is 9.00 Å². The van der Waals surface area contributed by atoms with E-state index >= 15 is 0 Å². The molecule has 2 unspecified atom stereocenters. The summed E-state index contributed by atoms with van der Waals surface area (Å²) < 4.78 is 11.1. The molecule has 1 rings (SSSR count). The van der Waals surface area contributed by atoms with E-state index in [-0.39, 0.29) is 6.04 Å². The number of hydrogen-bond acceptors (Lipinski definition) is 4. The number of primary amides is 1. The van der Waals surface area contributed by atoms with Crippen LogP contribution in [0.4, 0.5) is 11.4 Å². The van der Waals surface area contributed by atoms with E-state index in [9.17, 15) is 9.00 Å². The molecule has 17 heavy (non-hydrogen) atoms. The van der Waals surface area contributed by atoms with E-state index in [0.717, 1.165) is 0 Å². The van der Waals surface area contributed by atoms with E-state index in [1.165, 1.54) is 0 Å². The number of carbonyl (C=O) groups excluding carboxylic acids is 1. The molecule has 1 aromatic rings. The van der Waals surface area contributed by atoms with Crippen LogP contribution in [0.1, 0.15) is 17.3 Å². The lowest BCUT2D eigenvalue weighted by Crippen LogP contribution is -2.24. The zero-order valence-electron chi connectivity index (χ0n) is 9.90. The van der Waals surface area contributed by atoms with Gasteiger partial charge in [0.2, 0.25) is 0 Å². The summed E-state index contributed by atoms with van der Waals surface area (Å²) in [5.41, 5.74) is 12.4. The predicted octanol–water partition coefficient (Wildman–Crippen LogP) is 0.547. The summed E-state index contributed by atoms with van der Waals surface area (Å²) in [6, 6.07) is 4.82. The van der Waals surface area contributed by atoms with Crippen molar-refractivity contribution in [1.29, 1.82) is 0 Å². The number of nitrogens with one attached hydrogen (secondary N) is 1. The topological polar surface area (TPSA) is 98.2 Å². The Morgan fingerprint density at radius 3 is 2.71 bits per heavy atom. The van der Waals surface area contributed by atoms with Gasteiger partial charge in [0.1, 0.15) is 0 Å². The van der Waals surface area contributed by atoms with E-state index in [4.69, 9.17) is 11.5 Å². The average Bonchev–Trinajstić information content (AvgIpc) is 2.15. The van der Waals surface area contributed by atoms with Gasteiger partial charge in [0, 0.05) is 40.2 Å². The number of nitrogens with two attached hydrogens (primary N) is 2. The SMILES string of the molecule is CC(CS(C)=O)Nc1cc(N)ccc1C(N)=O. The van der Waals surface area contributed by atoms with E-state index in [0.29, 0.717) is 22.7 Å².